The number of aliphatic hydroxyl groups is 1. The molecule has 3 N–H and O–H groups in total. The van der Waals surface area contributed by atoms with Crippen LogP contribution >= 0.6 is 0 Å². The predicted molar refractivity (Wildman–Crippen MR) is 121 cm³/mol. The Hall–Kier alpha value is -2.96. The maximum Gasteiger partial charge on any atom is 0.435 e. The molecule has 2 aromatic heterocycles. The molecule has 1 unspecified atom stereocenters. The van der Waals surface area contributed by atoms with E-state index in [1.54, 1.807) is 12.4 Å². The first-order chi connectivity index (χ1) is 16.9. The number of aromatic nitrogens is 4. The fourth-order valence-corrected chi connectivity index (χ4v) is 4.58. The zero-order valence-corrected chi connectivity index (χ0v) is 19.0. The Morgan fingerprint density at radius 3 is 2.54 bits per heavy atom. The van der Waals surface area contributed by atoms with Crippen molar-refractivity contribution in [2.45, 2.75) is 50.2 Å². The van der Waals surface area contributed by atoms with E-state index in [-0.39, 0.29) is 17.8 Å². The monoisotopic (exact) mass is 492 g/mol. The van der Waals surface area contributed by atoms with Crippen LogP contribution in [0.2, 0.25) is 0 Å². The topological polar surface area (TPSA) is 108 Å². The molecule has 0 amide bonds. The van der Waals surface area contributed by atoms with E-state index in [2.05, 4.69) is 30.4 Å². The van der Waals surface area contributed by atoms with E-state index in [1.165, 1.54) is 0 Å². The highest BCUT2D eigenvalue weighted by Crippen LogP contribution is 2.33. The van der Waals surface area contributed by atoms with Crippen molar-refractivity contribution in [3.05, 3.63) is 42.0 Å². The number of nitrogens with one attached hydrogen (secondary N) is 2. The summed E-state index contributed by atoms with van der Waals surface area (Å²) < 4.78 is 50.1. The molecule has 2 fully saturated rings. The second-order valence-corrected chi connectivity index (χ2v) is 8.83. The van der Waals surface area contributed by atoms with E-state index >= 15 is 0 Å². The molecule has 3 aromatic rings. The normalized spacial score (nSPS) is 22.3. The molecule has 35 heavy (non-hydrogen) atoms. The molecule has 3 heterocycles. The van der Waals surface area contributed by atoms with E-state index in [1.807, 2.05) is 12.1 Å². The number of halogens is 3. The average molecular weight is 493 g/mol. The van der Waals surface area contributed by atoms with Gasteiger partial charge in [-0.05, 0) is 37.8 Å². The van der Waals surface area contributed by atoms with Gasteiger partial charge in [0.1, 0.15) is 17.5 Å². The Bertz CT molecular complexity index is 1140. The van der Waals surface area contributed by atoms with Crippen LogP contribution < -0.4 is 15.0 Å². The quantitative estimate of drug-likeness (QED) is 0.451. The molecule has 12 heteroatoms. The second-order valence-electron chi connectivity index (χ2n) is 8.83. The Morgan fingerprint density at radius 2 is 1.83 bits per heavy atom. The molecule has 9 nitrogen and oxygen atoms in total. The summed E-state index contributed by atoms with van der Waals surface area (Å²) in [6, 6.07) is 4.79. The molecule has 1 atom stereocenters. The lowest BCUT2D eigenvalue weighted by molar-refractivity contribution is -0.141. The number of hydrogen-bond donors (Lipinski definition) is 3. The Morgan fingerprint density at radius 1 is 1.09 bits per heavy atom. The number of anilines is 1. The molecule has 1 aliphatic heterocycles. The van der Waals surface area contributed by atoms with Crippen molar-refractivity contribution >= 4 is 16.7 Å². The summed E-state index contributed by atoms with van der Waals surface area (Å²) in [6.45, 7) is 2.94. The van der Waals surface area contributed by atoms with Gasteiger partial charge in [0.05, 0.1) is 30.5 Å². The van der Waals surface area contributed by atoms with Gasteiger partial charge in [-0.25, -0.2) is 4.98 Å². The summed E-state index contributed by atoms with van der Waals surface area (Å²) in [5.41, 5.74) is 1.43. The van der Waals surface area contributed by atoms with Crippen LogP contribution in [-0.4, -0.2) is 63.7 Å². The smallest absolute Gasteiger partial charge is 0.435 e. The van der Waals surface area contributed by atoms with Gasteiger partial charge in [-0.1, -0.05) is 0 Å². The van der Waals surface area contributed by atoms with Crippen LogP contribution in [0, 0.1) is 0 Å². The van der Waals surface area contributed by atoms with Crippen molar-refractivity contribution in [3.63, 3.8) is 0 Å². The van der Waals surface area contributed by atoms with Gasteiger partial charge in [-0.15, -0.1) is 0 Å². The van der Waals surface area contributed by atoms with Crippen LogP contribution in [0.1, 0.15) is 43.3 Å². The molecule has 1 aliphatic carbocycles. The maximum atomic E-state index is 12.8. The van der Waals surface area contributed by atoms with Crippen molar-refractivity contribution in [2.24, 2.45) is 0 Å². The van der Waals surface area contributed by atoms with Gasteiger partial charge in [0.2, 0.25) is 0 Å². The van der Waals surface area contributed by atoms with Crippen LogP contribution in [-0.2, 0) is 10.9 Å². The number of H-pyrrole nitrogens is 1. The van der Waals surface area contributed by atoms with Crippen molar-refractivity contribution in [1.29, 1.82) is 0 Å². The van der Waals surface area contributed by atoms with Gasteiger partial charge < -0.3 is 19.5 Å². The first kappa shape index (κ1) is 23.8. The van der Waals surface area contributed by atoms with E-state index in [0.717, 1.165) is 43.2 Å². The standard InChI is InChI=1S/C23H27F3N6O3/c24-23(25,26)20-13-18(30-31-20)22(33)29-14-1-3-16(4-2-14)35-19-12-15(32-7-9-34-10-8-32)11-17-21(19)28-6-5-27-17/h5-6,11-14,16,22,29,33H,1-4,7-10H2,(H,30,31). The minimum atomic E-state index is -4.56. The van der Waals surface area contributed by atoms with Gasteiger partial charge in [0.15, 0.2) is 5.69 Å². The summed E-state index contributed by atoms with van der Waals surface area (Å²) in [7, 11) is 0. The third-order valence-corrected chi connectivity index (χ3v) is 6.44. The minimum absolute atomic E-state index is 0.0133. The molecule has 1 saturated heterocycles. The van der Waals surface area contributed by atoms with Gasteiger partial charge in [0.25, 0.3) is 0 Å². The lowest BCUT2D eigenvalue weighted by Crippen LogP contribution is -2.38. The first-order valence-corrected chi connectivity index (χ1v) is 11.7. The van der Waals surface area contributed by atoms with Crippen molar-refractivity contribution < 1.29 is 27.8 Å². The van der Waals surface area contributed by atoms with Gasteiger partial charge in [-0.3, -0.25) is 15.4 Å². The summed E-state index contributed by atoms with van der Waals surface area (Å²) >= 11 is 0. The lowest BCUT2D eigenvalue weighted by atomic mass is 9.92. The molecular formula is C23H27F3N6O3. The highest BCUT2D eigenvalue weighted by molar-refractivity contribution is 5.85. The van der Waals surface area contributed by atoms with Gasteiger partial charge >= 0.3 is 6.18 Å². The lowest BCUT2D eigenvalue weighted by Gasteiger charge is -2.32. The zero-order chi connectivity index (χ0) is 24.4. The Kier molecular flexibility index (Phi) is 6.76. The first-order valence-electron chi connectivity index (χ1n) is 11.7. The highest BCUT2D eigenvalue weighted by Gasteiger charge is 2.35. The van der Waals surface area contributed by atoms with Gasteiger partial charge in [-0.2, -0.15) is 18.3 Å². The number of alkyl halides is 3. The number of benzene rings is 1. The largest absolute Gasteiger partial charge is 0.488 e. The van der Waals surface area contributed by atoms with Crippen LogP contribution in [0.3, 0.4) is 0 Å². The molecular weight excluding hydrogens is 465 g/mol. The maximum absolute atomic E-state index is 12.8. The molecule has 0 radical (unpaired) electrons. The number of hydrogen-bond acceptors (Lipinski definition) is 8. The predicted octanol–water partition coefficient (Wildman–Crippen LogP) is 3.18. The number of fused-ring (bicyclic) bond motifs is 1. The van der Waals surface area contributed by atoms with Crippen LogP contribution in [0.15, 0.2) is 30.6 Å². The third-order valence-electron chi connectivity index (χ3n) is 6.44. The SMILES string of the molecule is OC(NC1CCC(Oc2cc(N3CCOCC3)cc3nccnc23)CC1)c1cc(C(F)(F)F)n[nH]1. The third kappa shape index (κ3) is 5.49. The molecule has 1 aromatic carbocycles. The van der Waals surface area contributed by atoms with Gasteiger partial charge in [0, 0.05) is 43.3 Å². The molecule has 0 bridgehead atoms. The minimum Gasteiger partial charge on any atom is -0.488 e. The fraction of sp³-hybridized carbons (Fsp3) is 0.522. The van der Waals surface area contributed by atoms with Crippen molar-refractivity contribution in [3.8, 4) is 5.75 Å². The van der Waals surface area contributed by atoms with E-state index in [4.69, 9.17) is 9.47 Å². The highest BCUT2D eigenvalue weighted by atomic mass is 19.4. The van der Waals surface area contributed by atoms with Crippen molar-refractivity contribution in [2.75, 3.05) is 31.2 Å². The number of aromatic amines is 1. The number of rotatable bonds is 6. The number of aliphatic hydroxyl groups excluding tert-OH is 1. The number of morpholine rings is 1. The Balaban J connectivity index is 1.22. The van der Waals surface area contributed by atoms with Crippen LogP contribution in [0.25, 0.3) is 11.0 Å². The zero-order valence-electron chi connectivity index (χ0n) is 19.0. The molecule has 5 rings (SSSR count). The second kappa shape index (κ2) is 9.96. The molecule has 1 saturated carbocycles. The molecule has 2 aliphatic rings. The summed E-state index contributed by atoms with van der Waals surface area (Å²) in [5, 5.41) is 18.8. The fourth-order valence-electron chi connectivity index (χ4n) is 4.58. The van der Waals surface area contributed by atoms with E-state index in [0.29, 0.717) is 37.3 Å². The van der Waals surface area contributed by atoms with Crippen LogP contribution in [0.4, 0.5) is 18.9 Å². The summed E-state index contributed by atoms with van der Waals surface area (Å²) in [5.74, 6) is 0.686. The number of ether oxygens (including phenoxy) is 2. The van der Waals surface area contributed by atoms with E-state index in [9.17, 15) is 18.3 Å². The Labute approximate surface area is 199 Å². The summed E-state index contributed by atoms with van der Waals surface area (Å²) in [4.78, 5) is 11.2. The average Bonchev–Trinajstić information content (AvgIpc) is 3.37. The van der Waals surface area contributed by atoms with Crippen LogP contribution in [0.5, 0.6) is 5.75 Å². The summed E-state index contributed by atoms with van der Waals surface area (Å²) in [6.07, 6.45) is 0.307. The van der Waals surface area contributed by atoms with Crippen molar-refractivity contribution in [1.82, 2.24) is 25.5 Å². The number of nitrogens with zero attached hydrogens (tertiary/aromatic N) is 4. The molecule has 188 valence electrons. The molecule has 0 spiro atoms. The van der Waals surface area contributed by atoms with E-state index < -0.39 is 18.1 Å².